The Bertz CT molecular complexity index is 403. The number of hydrogen-bond acceptors (Lipinski definition) is 2. The molecule has 0 spiro atoms. The molecule has 0 saturated heterocycles. The molecule has 3 nitrogen and oxygen atoms in total. The van der Waals surface area contributed by atoms with E-state index in [-0.39, 0.29) is 11.9 Å². The van der Waals surface area contributed by atoms with Crippen molar-refractivity contribution >= 4 is 5.91 Å². The van der Waals surface area contributed by atoms with E-state index in [0.29, 0.717) is 6.42 Å². The third-order valence-electron chi connectivity index (χ3n) is 2.47. The standard InChI is InChI=1S/C14H17NO2/c1-4-12(5-2)15-14(16)10-11-6-8-13(17-3)9-7-11/h1,6-9,12H,5,10H2,2-3H3,(H,15,16). The average molecular weight is 231 g/mol. The molecular weight excluding hydrogens is 214 g/mol. The van der Waals surface area contributed by atoms with Gasteiger partial charge in [0.25, 0.3) is 0 Å². The van der Waals surface area contributed by atoms with Gasteiger partial charge in [-0.1, -0.05) is 25.0 Å². The minimum Gasteiger partial charge on any atom is -0.497 e. The molecule has 0 aliphatic carbocycles. The fourth-order valence-electron chi connectivity index (χ4n) is 1.44. The maximum absolute atomic E-state index is 11.7. The number of amides is 1. The van der Waals surface area contributed by atoms with Gasteiger partial charge in [-0.2, -0.15) is 0 Å². The molecule has 17 heavy (non-hydrogen) atoms. The van der Waals surface area contributed by atoms with E-state index in [1.165, 1.54) is 0 Å². The van der Waals surface area contributed by atoms with Crippen LogP contribution in [0.2, 0.25) is 0 Å². The van der Waals surface area contributed by atoms with Gasteiger partial charge in [0.05, 0.1) is 19.6 Å². The Balaban J connectivity index is 2.53. The van der Waals surface area contributed by atoms with Crippen molar-refractivity contribution in [2.45, 2.75) is 25.8 Å². The highest BCUT2D eigenvalue weighted by Gasteiger charge is 2.08. The predicted octanol–water partition coefficient (Wildman–Crippen LogP) is 1.77. The summed E-state index contributed by atoms with van der Waals surface area (Å²) >= 11 is 0. The minimum absolute atomic E-state index is 0.0556. The van der Waals surface area contributed by atoms with Crippen molar-refractivity contribution in [1.29, 1.82) is 0 Å². The molecule has 0 bridgehead atoms. The topological polar surface area (TPSA) is 38.3 Å². The van der Waals surface area contributed by atoms with Crippen LogP contribution in [0.3, 0.4) is 0 Å². The van der Waals surface area contributed by atoms with E-state index in [2.05, 4.69) is 11.2 Å². The molecule has 0 aromatic heterocycles. The van der Waals surface area contributed by atoms with Crippen LogP contribution in [0.1, 0.15) is 18.9 Å². The van der Waals surface area contributed by atoms with Crippen molar-refractivity contribution in [3.8, 4) is 18.1 Å². The highest BCUT2D eigenvalue weighted by Crippen LogP contribution is 2.11. The Hall–Kier alpha value is -1.95. The second-order valence-electron chi connectivity index (χ2n) is 3.72. The lowest BCUT2D eigenvalue weighted by Gasteiger charge is -2.10. The Morgan fingerprint density at radius 3 is 2.59 bits per heavy atom. The quantitative estimate of drug-likeness (QED) is 0.784. The second-order valence-corrected chi connectivity index (χ2v) is 3.72. The molecule has 0 aliphatic rings. The number of carbonyl (C=O) groups is 1. The first kappa shape index (κ1) is 13.1. The van der Waals surface area contributed by atoms with E-state index in [0.717, 1.165) is 17.7 Å². The molecule has 1 rings (SSSR count). The summed E-state index contributed by atoms with van der Waals surface area (Å²) < 4.78 is 5.05. The fraction of sp³-hybridized carbons (Fsp3) is 0.357. The zero-order chi connectivity index (χ0) is 12.7. The van der Waals surface area contributed by atoms with Gasteiger partial charge in [0.15, 0.2) is 0 Å². The normalized spacial score (nSPS) is 11.4. The Labute approximate surface area is 102 Å². The van der Waals surface area contributed by atoms with Crippen LogP contribution in [0.25, 0.3) is 0 Å². The monoisotopic (exact) mass is 231 g/mol. The maximum atomic E-state index is 11.7. The summed E-state index contributed by atoms with van der Waals surface area (Å²) in [5, 5.41) is 2.79. The number of benzene rings is 1. The second kappa shape index (κ2) is 6.59. The molecule has 3 heteroatoms. The Morgan fingerprint density at radius 1 is 1.47 bits per heavy atom. The molecule has 90 valence electrons. The van der Waals surface area contributed by atoms with E-state index in [1.54, 1.807) is 7.11 Å². The van der Waals surface area contributed by atoms with Gasteiger partial charge in [0.2, 0.25) is 5.91 Å². The first-order valence-electron chi connectivity index (χ1n) is 5.58. The third kappa shape index (κ3) is 4.20. The van der Waals surface area contributed by atoms with E-state index >= 15 is 0 Å². The van der Waals surface area contributed by atoms with E-state index < -0.39 is 0 Å². The van der Waals surface area contributed by atoms with Crippen molar-refractivity contribution in [1.82, 2.24) is 5.32 Å². The number of methoxy groups -OCH3 is 1. The zero-order valence-corrected chi connectivity index (χ0v) is 10.2. The van der Waals surface area contributed by atoms with Gasteiger partial charge in [-0.15, -0.1) is 6.42 Å². The summed E-state index contributed by atoms with van der Waals surface area (Å²) in [6.07, 6.45) is 6.36. The number of nitrogens with one attached hydrogen (secondary N) is 1. The highest BCUT2D eigenvalue weighted by atomic mass is 16.5. The smallest absolute Gasteiger partial charge is 0.225 e. The van der Waals surface area contributed by atoms with Crippen molar-refractivity contribution in [3.63, 3.8) is 0 Å². The van der Waals surface area contributed by atoms with Gasteiger partial charge >= 0.3 is 0 Å². The molecule has 0 heterocycles. The lowest BCUT2D eigenvalue weighted by atomic mass is 10.1. The van der Waals surface area contributed by atoms with E-state index in [4.69, 9.17) is 11.2 Å². The summed E-state index contributed by atoms with van der Waals surface area (Å²) in [5.41, 5.74) is 0.940. The predicted molar refractivity (Wildman–Crippen MR) is 67.8 cm³/mol. The van der Waals surface area contributed by atoms with Gasteiger partial charge in [-0.3, -0.25) is 4.79 Å². The van der Waals surface area contributed by atoms with Crippen LogP contribution < -0.4 is 10.1 Å². The van der Waals surface area contributed by atoms with E-state index in [9.17, 15) is 4.79 Å². The van der Waals surface area contributed by atoms with Crippen LogP contribution in [0.4, 0.5) is 0 Å². The Kier molecular flexibility index (Phi) is 5.09. The number of carbonyl (C=O) groups excluding carboxylic acids is 1. The summed E-state index contributed by atoms with van der Waals surface area (Å²) in [4.78, 5) is 11.7. The van der Waals surface area contributed by atoms with Gasteiger partial charge in [-0.25, -0.2) is 0 Å². The molecule has 0 saturated carbocycles. The van der Waals surface area contributed by atoms with E-state index in [1.807, 2.05) is 31.2 Å². The lowest BCUT2D eigenvalue weighted by molar-refractivity contribution is -0.120. The zero-order valence-electron chi connectivity index (χ0n) is 10.2. The van der Waals surface area contributed by atoms with Crippen molar-refractivity contribution in [2.75, 3.05) is 7.11 Å². The molecule has 1 amide bonds. The minimum atomic E-state index is -0.180. The maximum Gasteiger partial charge on any atom is 0.225 e. The first-order chi connectivity index (χ1) is 8.19. The van der Waals surface area contributed by atoms with Crippen LogP contribution in [-0.2, 0) is 11.2 Å². The molecule has 0 radical (unpaired) electrons. The first-order valence-corrected chi connectivity index (χ1v) is 5.58. The van der Waals surface area contributed by atoms with Crippen LogP contribution in [0, 0.1) is 12.3 Å². The molecule has 0 fully saturated rings. The number of ether oxygens (including phenoxy) is 1. The highest BCUT2D eigenvalue weighted by molar-refractivity contribution is 5.79. The molecule has 1 unspecified atom stereocenters. The molecule has 1 atom stereocenters. The fourth-order valence-corrected chi connectivity index (χ4v) is 1.44. The SMILES string of the molecule is C#CC(CC)NC(=O)Cc1ccc(OC)cc1. The molecule has 1 N–H and O–H groups in total. The van der Waals surface area contributed by atoms with Gasteiger partial charge < -0.3 is 10.1 Å². The summed E-state index contributed by atoms with van der Waals surface area (Å²) in [7, 11) is 1.61. The number of hydrogen-bond donors (Lipinski definition) is 1. The van der Waals surface area contributed by atoms with Crippen LogP contribution >= 0.6 is 0 Å². The molecule has 1 aromatic carbocycles. The Morgan fingerprint density at radius 2 is 2.12 bits per heavy atom. The summed E-state index contributed by atoms with van der Waals surface area (Å²) in [6, 6.07) is 7.23. The van der Waals surface area contributed by atoms with Crippen molar-refractivity contribution in [2.24, 2.45) is 0 Å². The van der Waals surface area contributed by atoms with Gasteiger partial charge in [0.1, 0.15) is 5.75 Å². The molecule has 1 aromatic rings. The van der Waals surface area contributed by atoms with Crippen LogP contribution in [0.5, 0.6) is 5.75 Å². The van der Waals surface area contributed by atoms with Crippen LogP contribution in [0.15, 0.2) is 24.3 Å². The van der Waals surface area contributed by atoms with Gasteiger partial charge in [0, 0.05) is 0 Å². The third-order valence-corrected chi connectivity index (χ3v) is 2.47. The lowest BCUT2D eigenvalue weighted by Crippen LogP contribution is -2.34. The van der Waals surface area contributed by atoms with Crippen LogP contribution in [-0.4, -0.2) is 19.1 Å². The van der Waals surface area contributed by atoms with Crippen molar-refractivity contribution in [3.05, 3.63) is 29.8 Å². The summed E-state index contributed by atoms with van der Waals surface area (Å²) in [5.74, 6) is 3.26. The average Bonchev–Trinajstić information content (AvgIpc) is 2.37. The largest absolute Gasteiger partial charge is 0.497 e. The van der Waals surface area contributed by atoms with Crippen molar-refractivity contribution < 1.29 is 9.53 Å². The number of rotatable bonds is 5. The molecule has 0 aliphatic heterocycles. The number of terminal acetylenes is 1. The summed E-state index contributed by atoms with van der Waals surface area (Å²) in [6.45, 7) is 1.94. The molecular formula is C14H17NO2. The van der Waals surface area contributed by atoms with Gasteiger partial charge in [-0.05, 0) is 24.1 Å².